The fourth-order valence-electron chi connectivity index (χ4n) is 2.03. The van der Waals surface area contributed by atoms with Gasteiger partial charge in [-0.15, -0.1) is 0 Å². The van der Waals surface area contributed by atoms with Gasteiger partial charge in [-0.1, -0.05) is 37.3 Å². The average molecular weight is 352 g/mol. The normalized spacial score (nSPS) is 12.1. The Morgan fingerprint density at radius 2 is 1.95 bits per heavy atom. The van der Waals surface area contributed by atoms with Gasteiger partial charge in [-0.25, -0.2) is 4.39 Å². The minimum atomic E-state index is -0.283. The summed E-state index contributed by atoms with van der Waals surface area (Å²) >= 11 is 3.34. The van der Waals surface area contributed by atoms with Crippen LogP contribution in [0.15, 0.2) is 53.0 Å². The second-order valence-electron chi connectivity index (χ2n) is 4.80. The topological polar surface area (TPSA) is 21.3 Å². The molecule has 1 N–H and O–H groups in total. The first-order valence-corrected chi connectivity index (χ1v) is 7.87. The molecule has 2 aromatic carbocycles. The smallest absolute Gasteiger partial charge is 0.136 e. The van der Waals surface area contributed by atoms with Crippen molar-refractivity contribution in [1.29, 1.82) is 0 Å². The number of rotatable bonds is 7. The number of ether oxygens (including phenoxy) is 1. The number of hydrogen-bond acceptors (Lipinski definition) is 2. The molecule has 0 heterocycles. The number of nitrogens with one attached hydrogen (secondary N) is 1. The number of hydrogen-bond donors (Lipinski definition) is 1. The van der Waals surface area contributed by atoms with Gasteiger partial charge in [0.1, 0.15) is 17.7 Å². The highest BCUT2D eigenvalue weighted by molar-refractivity contribution is 9.10. The summed E-state index contributed by atoms with van der Waals surface area (Å²) in [6.45, 7) is 3.78. The second kappa shape index (κ2) is 8.15. The van der Waals surface area contributed by atoms with Crippen LogP contribution < -0.4 is 10.1 Å². The van der Waals surface area contributed by atoms with Crippen molar-refractivity contribution in [3.63, 3.8) is 0 Å². The molecule has 0 radical (unpaired) electrons. The summed E-state index contributed by atoms with van der Waals surface area (Å²) in [5.74, 6) is 0.359. The van der Waals surface area contributed by atoms with Gasteiger partial charge in [0, 0.05) is 6.54 Å². The Kier molecular flexibility index (Phi) is 6.21. The molecule has 2 rings (SSSR count). The van der Waals surface area contributed by atoms with Crippen molar-refractivity contribution in [3.8, 4) is 5.75 Å². The highest BCUT2D eigenvalue weighted by Gasteiger charge is 2.14. The summed E-state index contributed by atoms with van der Waals surface area (Å²) in [4.78, 5) is 0. The molecule has 0 spiro atoms. The lowest BCUT2D eigenvalue weighted by atomic mass is 10.1. The van der Waals surface area contributed by atoms with E-state index in [1.165, 1.54) is 12.1 Å². The monoisotopic (exact) mass is 351 g/mol. The van der Waals surface area contributed by atoms with Crippen molar-refractivity contribution in [2.45, 2.75) is 19.4 Å². The maximum atomic E-state index is 13.2. The minimum absolute atomic E-state index is 0.112. The van der Waals surface area contributed by atoms with Crippen LogP contribution in [0.25, 0.3) is 0 Å². The molecular formula is C17H19BrFNO. The molecule has 0 amide bonds. The molecule has 1 atom stereocenters. The predicted octanol–water partition coefficient (Wildman–Crippen LogP) is 4.71. The molecule has 0 fully saturated rings. The van der Waals surface area contributed by atoms with Crippen molar-refractivity contribution in [1.82, 2.24) is 5.32 Å². The van der Waals surface area contributed by atoms with Crippen LogP contribution in [0, 0.1) is 5.82 Å². The van der Waals surface area contributed by atoms with E-state index in [0.717, 1.165) is 18.5 Å². The van der Waals surface area contributed by atoms with Crippen LogP contribution in [0.5, 0.6) is 5.75 Å². The van der Waals surface area contributed by atoms with E-state index in [1.54, 1.807) is 6.07 Å². The van der Waals surface area contributed by atoms with E-state index in [1.807, 2.05) is 30.3 Å². The molecule has 0 saturated carbocycles. The number of halogens is 2. The Balaban J connectivity index is 2.15. The molecule has 0 aliphatic carbocycles. The van der Waals surface area contributed by atoms with Gasteiger partial charge in [-0.3, -0.25) is 0 Å². The largest absolute Gasteiger partial charge is 0.483 e. The second-order valence-corrected chi connectivity index (χ2v) is 5.65. The first-order valence-electron chi connectivity index (χ1n) is 7.08. The van der Waals surface area contributed by atoms with Gasteiger partial charge in [0.15, 0.2) is 0 Å². The van der Waals surface area contributed by atoms with Crippen LogP contribution >= 0.6 is 15.9 Å². The van der Waals surface area contributed by atoms with Crippen molar-refractivity contribution < 1.29 is 9.13 Å². The lowest BCUT2D eigenvalue weighted by Crippen LogP contribution is -2.25. The van der Waals surface area contributed by atoms with E-state index in [9.17, 15) is 4.39 Å². The molecule has 2 aromatic rings. The van der Waals surface area contributed by atoms with Crippen LogP contribution in [-0.2, 0) is 0 Å². The summed E-state index contributed by atoms with van der Waals surface area (Å²) in [7, 11) is 0. The molecule has 1 unspecified atom stereocenters. The van der Waals surface area contributed by atoms with Gasteiger partial charge < -0.3 is 10.1 Å². The van der Waals surface area contributed by atoms with Gasteiger partial charge in [0.05, 0.1) is 4.47 Å². The predicted molar refractivity (Wildman–Crippen MR) is 87.1 cm³/mol. The standard InChI is InChI=1S/C17H19BrFNO/c1-2-10-20-12-17(13-6-4-3-5-7-13)21-16-9-8-14(19)11-15(16)18/h3-9,11,17,20H,2,10,12H2,1H3. The van der Waals surface area contributed by atoms with Crippen molar-refractivity contribution in [3.05, 3.63) is 64.4 Å². The quantitative estimate of drug-likeness (QED) is 0.729. The minimum Gasteiger partial charge on any atom is -0.483 e. The Labute approximate surface area is 133 Å². The molecule has 21 heavy (non-hydrogen) atoms. The molecule has 0 saturated heterocycles. The average Bonchev–Trinajstić information content (AvgIpc) is 2.49. The van der Waals surface area contributed by atoms with Crippen LogP contribution in [0.2, 0.25) is 0 Å². The van der Waals surface area contributed by atoms with Gasteiger partial charge >= 0.3 is 0 Å². The molecule has 0 bridgehead atoms. The SMILES string of the molecule is CCCNCC(Oc1ccc(F)cc1Br)c1ccccc1. The maximum absolute atomic E-state index is 13.2. The fraction of sp³-hybridized carbons (Fsp3) is 0.294. The van der Waals surface area contributed by atoms with Gasteiger partial charge in [0.2, 0.25) is 0 Å². The zero-order valence-corrected chi connectivity index (χ0v) is 13.6. The fourth-order valence-corrected chi connectivity index (χ4v) is 2.47. The van der Waals surface area contributed by atoms with E-state index in [0.29, 0.717) is 16.8 Å². The third kappa shape index (κ3) is 4.83. The summed E-state index contributed by atoms with van der Waals surface area (Å²) in [6, 6.07) is 14.5. The van der Waals surface area contributed by atoms with Crippen LogP contribution in [0.3, 0.4) is 0 Å². The summed E-state index contributed by atoms with van der Waals surface area (Å²) in [6.07, 6.45) is 0.960. The Morgan fingerprint density at radius 1 is 1.19 bits per heavy atom. The number of benzene rings is 2. The van der Waals surface area contributed by atoms with Crippen LogP contribution in [0.4, 0.5) is 4.39 Å². The van der Waals surface area contributed by atoms with Crippen LogP contribution in [-0.4, -0.2) is 13.1 Å². The van der Waals surface area contributed by atoms with Gasteiger partial charge in [-0.2, -0.15) is 0 Å². The molecule has 0 aliphatic heterocycles. The summed E-state index contributed by atoms with van der Waals surface area (Å²) < 4.78 is 19.8. The van der Waals surface area contributed by atoms with E-state index in [-0.39, 0.29) is 11.9 Å². The van der Waals surface area contributed by atoms with Crippen molar-refractivity contribution >= 4 is 15.9 Å². The van der Waals surface area contributed by atoms with Crippen molar-refractivity contribution in [2.75, 3.05) is 13.1 Å². The lowest BCUT2D eigenvalue weighted by molar-refractivity contribution is 0.200. The zero-order valence-electron chi connectivity index (χ0n) is 12.0. The first kappa shape index (κ1) is 16.0. The lowest BCUT2D eigenvalue weighted by Gasteiger charge is -2.21. The van der Waals surface area contributed by atoms with E-state index in [4.69, 9.17) is 4.74 Å². The molecule has 0 aliphatic rings. The molecule has 2 nitrogen and oxygen atoms in total. The third-order valence-electron chi connectivity index (χ3n) is 3.09. The van der Waals surface area contributed by atoms with E-state index >= 15 is 0 Å². The van der Waals surface area contributed by atoms with Crippen molar-refractivity contribution in [2.24, 2.45) is 0 Å². The van der Waals surface area contributed by atoms with Gasteiger partial charge in [0.25, 0.3) is 0 Å². The Hall–Kier alpha value is -1.39. The van der Waals surface area contributed by atoms with Gasteiger partial charge in [-0.05, 0) is 52.7 Å². The van der Waals surface area contributed by atoms with Crippen LogP contribution in [0.1, 0.15) is 25.0 Å². The summed E-state index contributed by atoms with van der Waals surface area (Å²) in [5, 5.41) is 3.37. The molecule has 0 aromatic heterocycles. The molecular weight excluding hydrogens is 333 g/mol. The van der Waals surface area contributed by atoms with E-state index in [2.05, 4.69) is 28.2 Å². The maximum Gasteiger partial charge on any atom is 0.136 e. The Bertz CT molecular complexity index is 562. The highest BCUT2D eigenvalue weighted by Crippen LogP contribution is 2.29. The third-order valence-corrected chi connectivity index (χ3v) is 3.71. The molecule has 112 valence electrons. The first-order chi connectivity index (χ1) is 10.2. The van der Waals surface area contributed by atoms with E-state index < -0.39 is 0 Å². The highest BCUT2D eigenvalue weighted by atomic mass is 79.9. The Morgan fingerprint density at radius 3 is 2.62 bits per heavy atom. The summed E-state index contributed by atoms with van der Waals surface area (Å²) in [5.41, 5.74) is 1.09. The molecule has 4 heteroatoms. The zero-order chi connectivity index (χ0) is 15.1.